The number of H-pyrrole nitrogens is 1. The van der Waals surface area contributed by atoms with Crippen LogP contribution in [0, 0.1) is 12.3 Å². The first-order valence-corrected chi connectivity index (χ1v) is 10.0. The number of piperidine rings is 2. The summed E-state index contributed by atoms with van der Waals surface area (Å²) in [6.45, 7) is 4.83. The van der Waals surface area contributed by atoms with Crippen LogP contribution in [0.2, 0.25) is 0 Å². The molecule has 0 radical (unpaired) electrons. The van der Waals surface area contributed by atoms with E-state index in [4.69, 9.17) is 0 Å². The summed E-state index contributed by atoms with van der Waals surface area (Å²) in [7, 11) is 0. The minimum absolute atomic E-state index is 0.00787. The molecule has 28 heavy (non-hydrogen) atoms. The van der Waals surface area contributed by atoms with Crippen molar-refractivity contribution in [3.05, 3.63) is 47.8 Å². The maximum absolute atomic E-state index is 13.0. The number of pyridine rings is 1. The standard InChI is InChI=1S/C21H27N5O2/c1-16-3-4-17(11-23-16)20(28)26-9-2-7-21(14-26)8-5-19(27)25(13-21)10-6-18-12-22-15-24-18/h3-4,11-12,15H,2,5-10,13-14H2,1H3,(H,22,24). The summed E-state index contributed by atoms with van der Waals surface area (Å²) in [4.78, 5) is 40.8. The van der Waals surface area contributed by atoms with E-state index in [9.17, 15) is 9.59 Å². The third-order valence-electron chi connectivity index (χ3n) is 6.06. The first kappa shape index (κ1) is 18.7. The predicted molar refractivity (Wildman–Crippen MR) is 105 cm³/mol. The quantitative estimate of drug-likeness (QED) is 0.880. The highest BCUT2D eigenvalue weighted by Gasteiger charge is 2.42. The lowest BCUT2D eigenvalue weighted by molar-refractivity contribution is -0.138. The second kappa shape index (κ2) is 7.73. The number of nitrogens with zero attached hydrogens (tertiary/aromatic N) is 4. The summed E-state index contributed by atoms with van der Waals surface area (Å²) in [5.41, 5.74) is 2.60. The van der Waals surface area contributed by atoms with Crippen LogP contribution in [0.25, 0.3) is 0 Å². The molecule has 148 valence electrons. The molecule has 7 nitrogen and oxygen atoms in total. The number of hydrogen-bond donors (Lipinski definition) is 1. The number of rotatable bonds is 4. The van der Waals surface area contributed by atoms with Crippen molar-refractivity contribution < 1.29 is 9.59 Å². The zero-order valence-corrected chi connectivity index (χ0v) is 16.4. The lowest BCUT2D eigenvalue weighted by atomic mass is 9.73. The van der Waals surface area contributed by atoms with Gasteiger partial charge in [0.1, 0.15) is 0 Å². The van der Waals surface area contributed by atoms with Crippen LogP contribution in [0.3, 0.4) is 0 Å². The Kier molecular flexibility index (Phi) is 5.15. The zero-order valence-electron chi connectivity index (χ0n) is 16.4. The number of aryl methyl sites for hydroxylation is 1. The van der Waals surface area contributed by atoms with Crippen molar-refractivity contribution in [2.45, 2.75) is 39.0 Å². The Morgan fingerprint density at radius 1 is 1.25 bits per heavy atom. The van der Waals surface area contributed by atoms with Gasteiger partial charge in [0.25, 0.3) is 5.91 Å². The van der Waals surface area contributed by atoms with E-state index < -0.39 is 0 Å². The minimum Gasteiger partial charge on any atom is -0.348 e. The van der Waals surface area contributed by atoms with E-state index in [2.05, 4.69) is 15.0 Å². The van der Waals surface area contributed by atoms with Gasteiger partial charge in [-0.25, -0.2) is 4.98 Å². The summed E-state index contributed by atoms with van der Waals surface area (Å²) in [6.07, 6.45) is 9.39. The molecule has 0 aromatic carbocycles. The summed E-state index contributed by atoms with van der Waals surface area (Å²) in [5, 5.41) is 0. The molecule has 2 aliphatic heterocycles. The zero-order chi connectivity index (χ0) is 19.6. The van der Waals surface area contributed by atoms with Crippen LogP contribution >= 0.6 is 0 Å². The maximum atomic E-state index is 13.0. The molecule has 2 aromatic heterocycles. The third kappa shape index (κ3) is 3.93. The first-order valence-electron chi connectivity index (χ1n) is 10.0. The molecular weight excluding hydrogens is 354 g/mol. The van der Waals surface area contributed by atoms with Crippen molar-refractivity contribution in [1.29, 1.82) is 0 Å². The van der Waals surface area contributed by atoms with Crippen LogP contribution < -0.4 is 0 Å². The van der Waals surface area contributed by atoms with Gasteiger partial charge in [-0.1, -0.05) is 0 Å². The largest absolute Gasteiger partial charge is 0.348 e. The highest BCUT2D eigenvalue weighted by Crippen LogP contribution is 2.39. The Balaban J connectivity index is 1.43. The van der Waals surface area contributed by atoms with Crippen LogP contribution in [-0.4, -0.2) is 62.7 Å². The average molecular weight is 381 g/mol. The second-order valence-corrected chi connectivity index (χ2v) is 8.16. The van der Waals surface area contributed by atoms with Crippen LogP contribution in [0.1, 0.15) is 47.4 Å². The number of aromatic amines is 1. The Hall–Kier alpha value is -2.70. The van der Waals surface area contributed by atoms with E-state index in [0.717, 1.165) is 50.2 Å². The molecule has 1 unspecified atom stereocenters. The number of imidazole rings is 1. The number of aromatic nitrogens is 3. The molecule has 2 amide bonds. The Labute approximate surface area is 165 Å². The summed E-state index contributed by atoms with van der Waals surface area (Å²) < 4.78 is 0. The molecule has 0 bridgehead atoms. The molecule has 2 aliphatic rings. The molecule has 1 N–H and O–H groups in total. The smallest absolute Gasteiger partial charge is 0.255 e. The second-order valence-electron chi connectivity index (χ2n) is 8.16. The Morgan fingerprint density at radius 3 is 2.89 bits per heavy atom. The van der Waals surface area contributed by atoms with Crippen molar-refractivity contribution >= 4 is 11.8 Å². The lowest BCUT2D eigenvalue weighted by Gasteiger charge is -2.48. The van der Waals surface area contributed by atoms with Gasteiger partial charge in [0.15, 0.2) is 0 Å². The number of carbonyl (C=O) groups is 2. The summed E-state index contributed by atoms with van der Waals surface area (Å²) >= 11 is 0. The lowest BCUT2D eigenvalue weighted by Crippen LogP contribution is -2.55. The minimum atomic E-state index is 0.00787. The number of carbonyl (C=O) groups excluding carboxylic acids is 2. The normalized spacial score (nSPS) is 22.7. The van der Waals surface area contributed by atoms with Crippen molar-refractivity contribution in [2.24, 2.45) is 5.41 Å². The molecule has 2 saturated heterocycles. The van der Waals surface area contributed by atoms with E-state index >= 15 is 0 Å². The Morgan fingerprint density at radius 2 is 2.14 bits per heavy atom. The van der Waals surface area contributed by atoms with E-state index in [1.807, 2.05) is 28.9 Å². The molecule has 2 fully saturated rings. The van der Waals surface area contributed by atoms with Gasteiger partial charge >= 0.3 is 0 Å². The molecule has 7 heteroatoms. The SMILES string of the molecule is Cc1ccc(C(=O)N2CCCC3(CCC(=O)N(CCc4cnc[nH]4)C3)C2)cn1. The van der Waals surface area contributed by atoms with Crippen molar-refractivity contribution in [3.63, 3.8) is 0 Å². The summed E-state index contributed by atoms with van der Waals surface area (Å²) in [6, 6.07) is 3.73. The van der Waals surface area contributed by atoms with E-state index in [0.29, 0.717) is 25.1 Å². The number of likely N-dealkylation sites (tertiary alicyclic amines) is 2. The molecular formula is C21H27N5O2. The van der Waals surface area contributed by atoms with Crippen LogP contribution in [0.4, 0.5) is 0 Å². The van der Waals surface area contributed by atoms with Gasteiger partial charge in [0.2, 0.25) is 5.91 Å². The number of hydrogen-bond acceptors (Lipinski definition) is 4. The van der Waals surface area contributed by atoms with Gasteiger partial charge < -0.3 is 14.8 Å². The van der Waals surface area contributed by atoms with E-state index in [1.165, 1.54) is 0 Å². The molecule has 2 aromatic rings. The highest BCUT2D eigenvalue weighted by atomic mass is 16.2. The topological polar surface area (TPSA) is 82.2 Å². The monoisotopic (exact) mass is 381 g/mol. The molecule has 4 heterocycles. The fourth-order valence-corrected chi connectivity index (χ4v) is 4.47. The molecule has 0 saturated carbocycles. The van der Waals surface area contributed by atoms with Gasteiger partial charge in [-0.2, -0.15) is 0 Å². The van der Waals surface area contributed by atoms with Gasteiger partial charge in [-0.15, -0.1) is 0 Å². The van der Waals surface area contributed by atoms with E-state index in [-0.39, 0.29) is 17.2 Å². The average Bonchev–Trinajstić information content (AvgIpc) is 3.23. The molecule has 1 atom stereocenters. The fraction of sp³-hybridized carbons (Fsp3) is 0.524. The number of nitrogens with one attached hydrogen (secondary N) is 1. The van der Waals surface area contributed by atoms with Gasteiger partial charge in [-0.05, 0) is 38.3 Å². The molecule has 1 spiro atoms. The van der Waals surface area contributed by atoms with Crippen LogP contribution in [0.5, 0.6) is 0 Å². The summed E-state index contributed by atoms with van der Waals surface area (Å²) in [5.74, 6) is 0.267. The maximum Gasteiger partial charge on any atom is 0.255 e. The van der Waals surface area contributed by atoms with Crippen LogP contribution in [0.15, 0.2) is 30.9 Å². The van der Waals surface area contributed by atoms with Gasteiger partial charge in [0, 0.05) is 68.2 Å². The Bertz CT molecular complexity index is 833. The van der Waals surface area contributed by atoms with Gasteiger partial charge in [0.05, 0.1) is 11.9 Å². The first-order chi connectivity index (χ1) is 13.5. The predicted octanol–water partition coefficient (Wildman–Crippen LogP) is 2.20. The van der Waals surface area contributed by atoms with Gasteiger partial charge in [-0.3, -0.25) is 14.6 Å². The highest BCUT2D eigenvalue weighted by molar-refractivity contribution is 5.94. The van der Waals surface area contributed by atoms with Crippen molar-refractivity contribution in [3.8, 4) is 0 Å². The van der Waals surface area contributed by atoms with E-state index in [1.54, 1.807) is 18.7 Å². The van der Waals surface area contributed by atoms with Crippen LogP contribution in [-0.2, 0) is 11.2 Å². The molecule has 0 aliphatic carbocycles. The third-order valence-corrected chi connectivity index (χ3v) is 6.06. The fourth-order valence-electron chi connectivity index (χ4n) is 4.47. The van der Waals surface area contributed by atoms with Crippen molar-refractivity contribution in [2.75, 3.05) is 26.2 Å². The van der Waals surface area contributed by atoms with Crippen molar-refractivity contribution in [1.82, 2.24) is 24.8 Å². The number of amides is 2. The molecule has 4 rings (SSSR count).